The lowest BCUT2D eigenvalue weighted by molar-refractivity contribution is 0.152. The van der Waals surface area contributed by atoms with E-state index in [4.69, 9.17) is 4.42 Å². The van der Waals surface area contributed by atoms with Crippen LogP contribution in [0.1, 0.15) is 37.5 Å². The fourth-order valence-electron chi connectivity index (χ4n) is 3.54. The number of benzene rings is 1. The number of amides is 2. The number of rotatable bonds is 7. The van der Waals surface area contributed by atoms with Crippen LogP contribution in [-0.2, 0) is 13.1 Å². The summed E-state index contributed by atoms with van der Waals surface area (Å²) in [5.41, 5.74) is 1.96. The summed E-state index contributed by atoms with van der Waals surface area (Å²) >= 11 is 0. The van der Waals surface area contributed by atoms with Crippen LogP contribution in [0.5, 0.6) is 0 Å². The highest BCUT2D eigenvalue weighted by atomic mass is 16.3. The molecule has 0 saturated carbocycles. The van der Waals surface area contributed by atoms with Gasteiger partial charge >= 0.3 is 6.03 Å². The number of piperidine rings is 1. The van der Waals surface area contributed by atoms with E-state index in [1.54, 1.807) is 12.3 Å². The van der Waals surface area contributed by atoms with Crippen molar-refractivity contribution in [3.8, 4) is 0 Å². The minimum Gasteiger partial charge on any atom is -0.467 e. The van der Waals surface area contributed by atoms with Gasteiger partial charge in [0.2, 0.25) is 0 Å². The maximum Gasteiger partial charge on any atom is 0.322 e. The summed E-state index contributed by atoms with van der Waals surface area (Å²) in [6.07, 6.45) is 5.39. The van der Waals surface area contributed by atoms with Crippen LogP contribution in [0, 0.1) is 0 Å². The smallest absolute Gasteiger partial charge is 0.322 e. The number of nitrogens with one attached hydrogen (secondary N) is 1. The van der Waals surface area contributed by atoms with E-state index in [0.29, 0.717) is 18.3 Å². The predicted molar refractivity (Wildman–Crippen MR) is 105 cm³/mol. The molecule has 1 saturated heterocycles. The SMILES string of the molecule is CC1CCCCN1Cc1cccc(NC(=O)N(CCO)Cc2ccco2)c1. The molecule has 0 bridgehead atoms. The van der Waals surface area contributed by atoms with Gasteiger partial charge in [0.15, 0.2) is 0 Å². The van der Waals surface area contributed by atoms with Gasteiger partial charge in [-0.1, -0.05) is 18.6 Å². The van der Waals surface area contributed by atoms with Crippen molar-refractivity contribution in [3.05, 3.63) is 54.0 Å². The van der Waals surface area contributed by atoms with Crippen LogP contribution in [0.2, 0.25) is 0 Å². The highest BCUT2D eigenvalue weighted by molar-refractivity contribution is 5.89. The molecule has 1 aromatic heterocycles. The number of nitrogens with zero attached hydrogens (tertiary/aromatic N) is 2. The van der Waals surface area contributed by atoms with Crippen molar-refractivity contribution in [2.75, 3.05) is 25.0 Å². The third-order valence-electron chi connectivity index (χ3n) is 5.09. The molecule has 27 heavy (non-hydrogen) atoms. The van der Waals surface area contributed by atoms with Crippen LogP contribution in [-0.4, -0.2) is 46.7 Å². The summed E-state index contributed by atoms with van der Waals surface area (Å²) in [5, 5.41) is 12.2. The number of aliphatic hydroxyl groups is 1. The van der Waals surface area contributed by atoms with Crippen molar-refractivity contribution in [1.82, 2.24) is 9.80 Å². The first-order valence-corrected chi connectivity index (χ1v) is 9.68. The molecule has 0 radical (unpaired) electrons. The molecular formula is C21H29N3O3. The summed E-state index contributed by atoms with van der Waals surface area (Å²) in [7, 11) is 0. The number of urea groups is 1. The zero-order valence-corrected chi connectivity index (χ0v) is 15.9. The molecule has 1 fully saturated rings. The van der Waals surface area contributed by atoms with Crippen LogP contribution in [0.4, 0.5) is 10.5 Å². The Balaban J connectivity index is 1.62. The average molecular weight is 371 g/mol. The normalized spacial score (nSPS) is 17.6. The van der Waals surface area contributed by atoms with E-state index in [2.05, 4.69) is 23.2 Å². The molecule has 0 spiro atoms. The van der Waals surface area contributed by atoms with Gasteiger partial charge in [-0.05, 0) is 56.1 Å². The number of carbonyl (C=O) groups excluding carboxylic acids is 1. The molecule has 146 valence electrons. The first kappa shape index (κ1) is 19.5. The summed E-state index contributed by atoms with van der Waals surface area (Å²) in [5.74, 6) is 0.687. The van der Waals surface area contributed by atoms with Gasteiger partial charge in [0.1, 0.15) is 5.76 Å². The highest BCUT2D eigenvalue weighted by Gasteiger charge is 2.19. The van der Waals surface area contributed by atoms with Crippen molar-refractivity contribution < 1.29 is 14.3 Å². The first-order chi connectivity index (χ1) is 13.2. The van der Waals surface area contributed by atoms with Crippen LogP contribution in [0.15, 0.2) is 47.1 Å². The Morgan fingerprint density at radius 1 is 1.33 bits per heavy atom. The number of hydrogen-bond acceptors (Lipinski definition) is 4. The van der Waals surface area contributed by atoms with E-state index in [0.717, 1.165) is 18.8 Å². The van der Waals surface area contributed by atoms with Crippen LogP contribution >= 0.6 is 0 Å². The summed E-state index contributed by atoms with van der Waals surface area (Å²) in [4.78, 5) is 16.7. The second-order valence-corrected chi connectivity index (χ2v) is 7.17. The largest absolute Gasteiger partial charge is 0.467 e. The number of hydrogen-bond donors (Lipinski definition) is 2. The van der Waals surface area contributed by atoms with E-state index in [1.807, 2.05) is 24.3 Å². The molecule has 1 aromatic carbocycles. The molecular weight excluding hydrogens is 342 g/mol. The molecule has 0 aliphatic carbocycles. The van der Waals surface area contributed by atoms with Crippen LogP contribution in [0.3, 0.4) is 0 Å². The van der Waals surface area contributed by atoms with Gasteiger partial charge in [-0.3, -0.25) is 4.90 Å². The van der Waals surface area contributed by atoms with E-state index >= 15 is 0 Å². The molecule has 6 heteroatoms. The lowest BCUT2D eigenvalue weighted by Crippen LogP contribution is -2.37. The van der Waals surface area contributed by atoms with Crippen molar-refractivity contribution in [3.63, 3.8) is 0 Å². The molecule has 1 aliphatic rings. The van der Waals surface area contributed by atoms with Crippen molar-refractivity contribution in [2.45, 2.75) is 45.3 Å². The molecule has 1 atom stereocenters. The quantitative estimate of drug-likeness (QED) is 0.779. The number of carbonyl (C=O) groups is 1. The average Bonchev–Trinajstić information content (AvgIpc) is 3.17. The van der Waals surface area contributed by atoms with Gasteiger partial charge in [0.05, 0.1) is 19.4 Å². The Bertz CT molecular complexity index is 717. The zero-order chi connectivity index (χ0) is 19.1. The second kappa shape index (κ2) is 9.58. The second-order valence-electron chi connectivity index (χ2n) is 7.17. The lowest BCUT2D eigenvalue weighted by Gasteiger charge is -2.33. The van der Waals surface area contributed by atoms with E-state index in [9.17, 15) is 9.90 Å². The first-order valence-electron chi connectivity index (χ1n) is 9.68. The van der Waals surface area contributed by atoms with Gasteiger partial charge in [0.25, 0.3) is 0 Å². The van der Waals surface area contributed by atoms with Gasteiger partial charge in [-0.2, -0.15) is 0 Å². The fraction of sp³-hybridized carbons (Fsp3) is 0.476. The van der Waals surface area contributed by atoms with Crippen LogP contribution < -0.4 is 5.32 Å². The number of furan rings is 1. The highest BCUT2D eigenvalue weighted by Crippen LogP contribution is 2.21. The van der Waals surface area contributed by atoms with Gasteiger partial charge in [-0.15, -0.1) is 0 Å². The number of anilines is 1. The summed E-state index contributed by atoms with van der Waals surface area (Å²) < 4.78 is 5.32. The third-order valence-corrected chi connectivity index (χ3v) is 5.09. The topological polar surface area (TPSA) is 69.0 Å². The maximum atomic E-state index is 12.6. The summed E-state index contributed by atoms with van der Waals surface area (Å²) in [6, 6.07) is 12.0. The monoisotopic (exact) mass is 371 g/mol. The zero-order valence-electron chi connectivity index (χ0n) is 15.9. The minimum atomic E-state index is -0.246. The Kier molecular flexibility index (Phi) is 6.90. The van der Waals surface area contributed by atoms with Crippen molar-refractivity contribution >= 4 is 11.7 Å². The minimum absolute atomic E-state index is 0.0962. The van der Waals surface area contributed by atoms with E-state index in [-0.39, 0.29) is 19.2 Å². The Morgan fingerprint density at radius 2 is 2.22 bits per heavy atom. The van der Waals surface area contributed by atoms with Gasteiger partial charge in [-0.25, -0.2) is 4.79 Å². The Morgan fingerprint density at radius 3 is 2.96 bits per heavy atom. The molecule has 2 aromatic rings. The number of likely N-dealkylation sites (tertiary alicyclic amines) is 1. The fourth-order valence-corrected chi connectivity index (χ4v) is 3.54. The van der Waals surface area contributed by atoms with Gasteiger partial charge < -0.3 is 19.7 Å². The third kappa shape index (κ3) is 5.58. The number of aliphatic hydroxyl groups excluding tert-OH is 1. The van der Waals surface area contributed by atoms with Crippen LogP contribution in [0.25, 0.3) is 0 Å². The molecule has 3 rings (SSSR count). The molecule has 2 N–H and O–H groups in total. The summed E-state index contributed by atoms with van der Waals surface area (Å²) in [6.45, 7) is 4.79. The van der Waals surface area contributed by atoms with Gasteiger partial charge in [0, 0.05) is 24.8 Å². The predicted octanol–water partition coefficient (Wildman–Crippen LogP) is 3.68. The molecule has 1 unspecified atom stereocenters. The molecule has 6 nitrogen and oxygen atoms in total. The lowest BCUT2D eigenvalue weighted by atomic mass is 10.0. The van der Waals surface area contributed by atoms with Crippen molar-refractivity contribution in [1.29, 1.82) is 0 Å². The standard InChI is InChI=1S/C21H29N3O3/c1-17-6-2-3-10-23(17)15-18-7-4-8-19(14-18)22-21(26)24(11-12-25)16-20-9-5-13-27-20/h4-5,7-9,13-14,17,25H,2-3,6,10-12,15-16H2,1H3,(H,22,26). The Labute approximate surface area is 160 Å². The Hall–Kier alpha value is -2.31. The van der Waals surface area contributed by atoms with E-state index in [1.165, 1.54) is 29.7 Å². The van der Waals surface area contributed by atoms with E-state index < -0.39 is 0 Å². The molecule has 1 aliphatic heterocycles. The van der Waals surface area contributed by atoms with Crippen molar-refractivity contribution in [2.24, 2.45) is 0 Å². The molecule has 2 heterocycles. The molecule has 2 amide bonds. The maximum absolute atomic E-state index is 12.6.